The van der Waals surface area contributed by atoms with Crippen molar-refractivity contribution in [2.45, 2.75) is 44.2 Å². The summed E-state index contributed by atoms with van der Waals surface area (Å²) in [7, 11) is 0. The van der Waals surface area contributed by atoms with Crippen LogP contribution in [0.25, 0.3) is 0 Å². The van der Waals surface area contributed by atoms with Gasteiger partial charge in [-0.25, -0.2) is 0 Å². The summed E-state index contributed by atoms with van der Waals surface area (Å²) in [5.74, 6) is 0. The van der Waals surface area contributed by atoms with E-state index < -0.39 is 0 Å². The zero-order valence-corrected chi connectivity index (χ0v) is 11.0. The Kier molecular flexibility index (Phi) is 3.91. The molecule has 98 valence electrons. The van der Waals surface area contributed by atoms with Gasteiger partial charge in [0.2, 0.25) is 0 Å². The molecule has 1 aromatic rings. The number of pyridine rings is 1. The third-order valence-electron chi connectivity index (χ3n) is 4.37. The van der Waals surface area contributed by atoms with E-state index in [2.05, 4.69) is 27.3 Å². The lowest BCUT2D eigenvalue weighted by Gasteiger charge is -2.32. The molecule has 2 atom stereocenters. The summed E-state index contributed by atoms with van der Waals surface area (Å²) in [5, 5.41) is 3.75. The Morgan fingerprint density at radius 2 is 2.22 bits per heavy atom. The van der Waals surface area contributed by atoms with Gasteiger partial charge in [0.15, 0.2) is 0 Å². The monoisotopic (exact) mass is 245 g/mol. The number of piperidine rings is 1. The zero-order valence-electron chi connectivity index (χ0n) is 11.0. The fourth-order valence-corrected chi connectivity index (χ4v) is 3.42. The smallest absolute Gasteiger partial charge is 0.0416 e. The first-order valence-electron chi connectivity index (χ1n) is 7.31. The number of nitrogens with zero attached hydrogens (tertiary/aromatic N) is 2. The van der Waals surface area contributed by atoms with Crippen LogP contribution in [-0.4, -0.2) is 41.6 Å². The Balaban J connectivity index is 1.46. The normalized spacial score (nSPS) is 28.2. The molecule has 2 aliphatic rings. The van der Waals surface area contributed by atoms with E-state index >= 15 is 0 Å². The number of hydrogen-bond donors (Lipinski definition) is 1. The van der Waals surface area contributed by atoms with Crippen LogP contribution < -0.4 is 5.32 Å². The highest BCUT2D eigenvalue weighted by molar-refractivity contribution is 5.04. The van der Waals surface area contributed by atoms with Crippen LogP contribution in [0.3, 0.4) is 0 Å². The van der Waals surface area contributed by atoms with Gasteiger partial charge in [-0.3, -0.25) is 9.88 Å². The van der Waals surface area contributed by atoms with Crippen LogP contribution in [0.4, 0.5) is 0 Å². The maximum atomic E-state index is 4.37. The lowest BCUT2D eigenvalue weighted by molar-refractivity contribution is 0.181. The molecule has 2 saturated heterocycles. The molecule has 0 bridgehead atoms. The zero-order chi connectivity index (χ0) is 12.2. The van der Waals surface area contributed by atoms with Crippen molar-refractivity contribution in [3.05, 3.63) is 30.1 Å². The molecule has 0 aliphatic carbocycles. The number of nitrogens with one attached hydrogen (secondary N) is 1. The van der Waals surface area contributed by atoms with E-state index in [-0.39, 0.29) is 0 Å². The minimum atomic E-state index is 0.717. The van der Waals surface area contributed by atoms with Crippen molar-refractivity contribution in [2.75, 3.05) is 19.6 Å². The van der Waals surface area contributed by atoms with Gasteiger partial charge in [-0.1, -0.05) is 12.5 Å². The van der Waals surface area contributed by atoms with Crippen molar-refractivity contribution in [3.8, 4) is 0 Å². The Morgan fingerprint density at radius 1 is 1.22 bits per heavy atom. The summed E-state index contributed by atoms with van der Waals surface area (Å²) >= 11 is 0. The number of fused-ring (bicyclic) bond motifs is 1. The number of rotatable bonds is 4. The summed E-state index contributed by atoms with van der Waals surface area (Å²) in [6.45, 7) is 3.68. The molecule has 0 spiro atoms. The van der Waals surface area contributed by atoms with Crippen LogP contribution in [0.15, 0.2) is 24.4 Å². The second kappa shape index (κ2) is 5.81. The fourth-order valence-electron chi connectivity index (χ4n) is 3.42. The third kappa shape index (κ3) is 2.73. The van der Waals surface area contributed by atoms with E-state index in [1.54, 1.807) is 0 Å². The maximum absolute atomic E-state index is 4.37. The van der Waals surface area contributed by atoms with Crippen molar-refractivity contribution in [1.82, 2.24) is 15.2 Å². The average molecular weight is 245 g/mol. The molecule has 0 radical (unpaired) electrons. The molecule has 0 aromatic carbocycles. The highest BCUT2D eigenvalue weighted by Crippen LogP contribution is 2.26. The van der Waals surface area contributed by atoms with Crippen LogP contribution in [0.5, 0.6) is 0 Å². The molecule has 3 rings (SSSR count). The first-order chi connectivity index (χ1) is 8.93. The van der Waals surface area contributed by atoms with Gasteiger partial charge in [-0.2, -0.15) is 0 Å². The molecule has 2 fully saturated rings. The fraction of sp³-hybridized carbons (Fsp3) is 0.667. The number of hydrogen-bond acceptors (Lipinski definition) is 3. The van der Waals surface area contributed by atoms with E-state index in [0.717, 1.165) is 19.0 Å². The quantitative estimate of drug-likeness (QED) is 0.877. The third-order valence-corrected chi connectivity index (χ3v) is 4.37. The summed E-state index contributed by atoms with van der Waals surface area (Å²) in [6.07, 6.45) is 8.46. The topological polar surface area (TPSA) is 28.2 Å². The number of aromatic nitrogens is 1. The standard InChI is InChI=1S/C15H23N3/c1-3-9-16-13(5-1)7-10-17-14-8-12-18-11-4-2-6-15(14)18/h1,3,5,9,14-15,17H,2,4,6-8,10-12H2. The Morgan fingerprint density at radius 3 is 3.11 bits per heavy atom. The predicted octanol–water partition coefficient (Wildman–Crippen LogP) is 1.84. The first-order valence-corrected chi connectivity index (χ1v) is 7.31. The van der Waals surface area contributed by atoms with E-state index in [9.17, 15) is 0 Å². The van der Waals surface area contributed by atoms with Crippen LogP contribution in [-0.2, 0) is 6.42 Å². The highest BCUT2D eigenvalue weighted by atomic mass is 15.2. The predicted molar refractivity (Wildman–Crippen MR) is 73.6 cm³/mol. The van der Waals surface area contributed by atoms with E-state index in [1.165, 1.54) is 44.5 Å². The Bertz CT molecular complexity index is 365. The van der Waals surface area contributed by atoms with Gasteiger partial charge in [0.25, 0.3) is 0 Å². The summed E-state index contributed by atoms with van der Waals surface area (Å²) in [5.41, 5.74) is 1.20. The molecular weight excluding hydrogens is 222 g/mol. The Hall–Kier alpha value is -0.930. The van der Waals surface area contributed by atoms with Crippen molar-refractivity contribution in [2.24, 2.45) is 0 Å². The van der Waals surface area contributed by atoms with Crippen molar-refractivity contribution >= 4 is 0 Å². The average Bonchev–Trinajstić information content (AvgIpc) is 2.84. The Labute approximate surface area is 110 Å². The molecule has 18 heavy (non-hydrogen) atoms. The minimum absolute atomic E-state index is 0.717. The van der Waals surface area contributed by atoms with Crippen LogP contribution >= 0.6 is 0 Å². The SMILES string of the molecule is c1ccc(CCNC2CCN3CCCCC23)nc1. The molecule has 2 unspecified atom stereocenters. The molecule has 2 aliphatic heterocycles. The van der Waals surface area contributed by atoms with Gasteiger partial charge in [0.05, 0.1) is 0 Å². The van der Waals surface area contributed by atoms with Gasteiger partial charge in [0.1, 0.15) is 0 Å². The molecular formula is C15H23N3. The minimum Gasteiger partial charge on any atom is -0.312 e. The van der Waals surface area contributed by atoms with Gasteiger partial charge < -0.3 is 5.32 Å². The van der Waals surface area contributed by atoms with E-state index in [0.29, 0.717) is 6.04 Å². The lowest BCUT2D eigenvalue weighted by Crippen LogP contribution is -2.45. The first kappa shape index (κ1) is 12.1. The summed E-state index contributed by atoms with van der Waals surface area (Å²) in [6, 6.07) is 7.69. The van der Waals surface area contributed by atoms with Crippen LogP contribution in [0.2, 0.25) is 0 Å². The molecule has 0 amide bonds. The second-order valence-corrected chi connectivity index (χ2v) is 5.52. The molecule has 3 heteroatoms. The maximum Gasteiger partial charge on any atom is 0.0416 e. The largest absolute Gasteiger partial charge is 0.312 e. The molecule has 0 saturated carbocycles. The highest BCUT2D eigenvalue weighted by Gasteiger charge is 2.34. The van der Waals surface area contributed by atoms with Crippen molar-refractivity contribution in [1.29, 1.82) is 0 Å². The summed E-state index contributed by atoms with van der Waals surface area (Å²) in [4.78, 5) is 7.06. The van der Waals surface area contributed by atoms with Gasteiger partial charge in [-0.05, 0) is 37.9 Å². The van der Waals surface area contributed by atoms with E-state index in [4.69, 9.17) is 0 Å². The molecule has 1 N–H and O–H groups in total. The summed E-state index contributed by atoms with van der Waals surface area (Å²) < 4.78 is 0. The van der Waals surface area contributed by atoms with Gasteiger partial charge in [-0.15, -0.1) is 0 Å². The van der Waals surface area contributed by atoms with Gasteiger partial charge in [0, 0.05) is 43.5 Å². The lowest BCUT2D eigenvalue weighted by atomic mass is 9.99. The molecule has 1 aromatic heterocycles. The van der Waals surface area contributed by atoms with E-state index in [1.807, 2.05) is 12.3 Å². The van der Waals surface area contributed by atoms with Crippen molar-refractivity contribution in [3.63, 3.8) is 0 Å². The van der Waals surface area contributed by atoms with Crippen LogP contribution in [0.1, 0.15) is 31.4 Å². The van der Waals surface area contributed by atoms with Gasteiger partial charge >= 0.3 is 0 Å². The second-order valence-electron chi connectivity index (χ2n) is 5.52. The molecule has 3 nitrogen and oxygen atoms in total. The van der Waals surface area contributed by atoms with Crippen LogP contribution in [0, 0.1) is 0 Å². The molecule has 3 heterocycles. The van der Waals surface area contributed by atoms with Crippen molar-refractivity contribution < 1.29 is 0 Å².